The Kier molecular flexibility index (Phi) is 5.30. The van der Waals surface area contributed by atoms with E-state index in [0.717, 1.165) is 29.1 Å². The van der Waals surface area contributed by atoms with Gasteiger partial charge >= 0.3 is 6.18 Å². The molecule has 140 valence electrons. The number of alkyl halides is 3. The lowest BCUT2D eigenvalue weighted by molar-refractivity contribution is -0.137. The van der Waals surface area contributed by atoms with Gasteiger partial charge in [-0.3, -0.25) is 0 Å². The smallest absolute Gasteiger partial charge is 0.416 e. The van der Waals surface area contributed by atoms with E-state index in [2.05, 4.69) is 15.3 Å². The summed E-state index contributed by atoms with van der Waals surface area (Å²) in [5.74, 6) is 1.81. The summed E-state index contributed by atoms with van der Waals surface area (Å²) in [5.41, 5.74) is 1.43. The standard InChI is InChI=1S/C20H18F3N3O/c1-13-10-18(24-12-14-4-3-5-16(11-14)20(21,22)23)26-19(25-13)15-6-8-17(27-2)9-7-15/h3-11H,12H2,1-2H3,(H,24,25,26). The Morgan fingerprint density at radius 3 is 2.41 bits per heavy atom. The number of halogens is 3. The molecule has 0 amide bonds. The van der Waals surface area contributed by atoms with Crippen molar-refractivity contribution < 1.29 is 17.9 Å². The molecule has 4 nitrogen and oxygen atoms in total. The molecule has 27 heavy (non-hydrogen) atoms. The van der Waals surface area contributed by atoms with Crippen molar-refractivity contribution >= 4 is 5.82 Å². The number of aryl methyl sites for hydroxylation is 1. The summed E-state index contributed by atoms with van der Waals surface area (Å²) in [4.78, 5) is 8.88. The summed E-state index contributed by atoms with van der Waals surface area (Å²) in [6, 6.07) is 14.3. The zero-order chi connectivity index (χ0) is 19.4. The van der Waals surface area contributed by atoms with E-state index in [9.17, 15) is 13.2 Å². The van der Waals surface area contributed by atoms with Crippen LogP contribution in [0.3, 0.4) is 0 Å². The number of hydrogen-bond donors (Lipinski definition) is 1. The molecule has 0 aliphatic rings. The van der Waals surface area contributed by atoms with Crippen LogP contribution in [0.2, 0.25) is 0 Å². The first kappa shape index (κ1) is 18.7. The van der Waals surface area contributed by atoms with Gasteiger partial charge in [-0.25, -0.2) is 9.97 Å². The highest BCUT2D eigenvalue weighted by molar-refractivity contribution is 5.58. The predicted molar refractivity (Wildman–Crippen MR) is 97.5 cm³/mol. The average molecular weight is 373 g/mol. The van der Waals surface area contributed by atoms with E-state index < -0.39 is 11.7 Å². The summed E-state index contributed by atoms with van der Waals surface area (Å²) < 4.78 is 43.6. The van der Waals surface area contributed by atoms with Crippen molar-refractivity contribution in [1.29, 1.82) is 0 Å². The van der Waals surface area contributed by atoms with Gasteiger partial charge in [0.1, 0.15) is 11.6 Å². The van der Waals surface area contributed by atoms with Crippen LogP contribution in [0.1, 0.15) is 16.8 Å². The number of anilines is 1. The topological polar surface area (TPSA) is 47.0 Å². The van der Waals surface area contributed by atoms with E-state index in [0.29, 0.717) is 17.2 Å². The van der Waals surface area contributed by atoms with Crippen LogP contribution < -0.4 is 10.1 Å². The summed E-state index contributed by atoms with van der Waals surface area (Å²) in [7, 11) is 1.59. The highest BCUT2D eigenvalue weighted by Crippen LogP contribution is 2.29. The van der Waals surface area contributed by atoms with Gasteiger partial charge in [0.15, 0.2) is 5.82 Å². The van der Waals surface area contributed by atoms with E-state index in [1.165, 1.54) is 6.07 Å². The van der Waals surface area contributed by atoms with Crippen LogP contribution in [0, 0.1) is 6.92 Å². The van der Waals surface area contributed by atoms with E-state index in [1.54, 1.807) is 19.2 Å². The molecule has 1 aromatic heterocycles. The molecule has 0 unspecified atom stereocenters. The van der Waals surface area contributed by atoms with Crippen LogP contribution in [0.5, 0.6) is 5.75 Å². The second-order valence-corrected chi connectivity index (χ2v) is 6.00. The number of aromatic nitrogens is 2. The van der Waals surface area contributed by atoms with Crippen molar-refractivity contribution in [2.75, 3.05) is 12.4 Å². The number of rotatable bonds is 5. The van der Waals surface area contributed by atoms with Crippen LogP contribution >= 0.6 is 0 Å². The first-order chi connectivity index (χ1) is 12.8. The zero-order valence-corrected chi connectivity index (χ0v) is 14.8. The number of benzene rings is 2. The van der Waals surface area contributed by atoms with E-state index >= 15 is 0 Å². The Labute approximate surface area is 155 Å². The van der Waals surface area contributed by atoms with Crippen LogP contribution in [-0.4, -0.2) is 17.1 Å². The van der Waals surface area contributed by atoms with Crippen LogP contribution in [0.25, 0.3) is 11.4 Å². The van der Waals surface area contributed by atoms with Gasteiger partial charge in [0.05, 0.1) is 12.7 Å². The van der Waals surface area contributed by atoms with E-state index in [1.807, 2.05) is 31.2 Å². The molecule has 0 aliphatic carbocycles. The summed E-state index contributed by atoms with van der Waals surface area (Å²) >= 11 is 0. The van der Waals surface area contributed by atoms with Gasteiger partial charge in [-0.2, -0.15) is 13.2 Å². The quantitative estimate of drug-likeness (QED) is 0.677. The van der Waals surface area contributed by atoms with Crippen LogP contribution in [0.4, 0.5) is 19.0 Å². The highest BCUT2D eigenvalue weighted by atomic mass is 19.4. The first-order valence-corrected chi connectivity index (χ1v) is 8.25. The van der Waals surface area contributed by atoms with Gasteiger partial charge < -0.3 is 10.1 Å². The Bertz CT molecular complexity index is 925. The molecule has 0 aliphatic heterocycles. The Balaban J connectivity index is 1.78. The molecular formula is C20H18F3N3O. The molecule has 2 aromatic carbocycles. The second-order valence-electron chi connectivity index (χ2n) is 6.00. The number of hydrogen-bond acceptors (Lipinski definition) is 4. The normalized spacial score (nSPS) is 11.3. The second kappa shape index (κ2) is 7.65. The van der Waals surface area contributed by atoms with Crippen LogP contribution in [-0.2, 0) is 12.7 Å². The predicted octanol–water partition coefficient (Wildman–Crippen LogP) is 5.09. The molecule has 0 radical (unpaired) electrons. The summed E-state index contributed by atoms with van der Waals surface area (Å²) in [6.45, 7) is 2.06. The van der Waals surface area contributed by atoms with Gasteiger partial charge in [0.25, 0.3) is 0 Å². The fourth-order valence-electron chi connectivity index (χ4n) is 2.58. The van der Waals surface area contributed by atoms with Crippen molar-refractivity contribution in [3.8, 4) is 17.1 Å². The lowest BCUT2D eigenvalue weighted by Gasteiger charge is -2.11. The number of nitrogens with one attached hydrogen (secondary N) is 1. The molecule has 0 atom stereocenters. The number of methoxy groups -OCH3 is 1. The van der Waals surface area contributed by atoms with E-state index in [4.69, 9.17) is 4.74 Å². The van der Waals surface area contributed by atoms with Crippen molar-refractivity contribution in [2.45, 2.75) is 19.6 Å². The Hall–Kier alpha value is -3.09. The summed E-state index contributed by atoms with van der Waals surface area (Å²) in [6.07, 6.45) is -4.36. The molecular weight excluding hydrogens is 355 g/mol. The Morgan fingerprint density at radius 1 is 1.00 bits per heavy atom. The fourth-order valence-corrected chi connectivity index (χ4v) is 2.58. The third-order valence-corrected chi connectivity index (χ3v) is 3.93. The maximum atomic E-state index is 12.8. The molecule has 0 fully saturated rings. The highest BCUT2D eigenvalue weighted by Gasteiger charge is 2.30. The van der Waals surface area contributed by atoms with Crippen molar-refractivity contribution in [3.05, 3.63) is 71.4 Å². The van der Waals surface area contributed by atoms with Gasteiger partial charge in [0.2, 0.25) is 0 Å². The van der Waals surface area contributed by atoms with Gasteiger partial charge in [0, 0.05) is 23.9 Å². The third kappa shape index (κ3) is 4.75. The molecule has 3 aromatic rings. The molecule has 1 heterocycles. The average Bonchev–Trinajstić information content (AvgIpc) is 2.65. The van der Waals surface area contributed by atoms with Crippen molar-refractivity contribution in [2.24, 2.45) is 0 Å². The van der Waals surface area contributed by atoms with Crippen molar-refractivity contribution in [3.63, 3.8) is 0 Å². The minimum atomic E-state index is -4.36. The third-order valence-electron chi connectivity index (χ3n) is 3.93. The number of nitrogens with zero attached hydrogens (tertiary/aromatic N) is 2. The Morgan fingerprint density at radius 2 is 1.74 bits per heavy atom. The first-order valence-electron chi connectivity index (χ1n) is 8.25. The van der Waals surface area contributed by atoms with Gasteiger partial charge in [-0.15, -0.1) is 0 Å². The number of ether oxygens (including phenoxy) is 1. The lowest BCUT2D eigenvalue weighted by atomic mass is 10.1. The molecule has 1 N–H and O–H groups in total. The van der Waals surface area contributed by atoms with Crippen LogP contribution in [0.15, 0.2) is 54.6 Å². The molecule has 0 saturated carbocycles. The monoisotopic (exact) mass is 373 g/mol. The maximum Gasteiger partial charge on any atom is 0.416 e. The molecule has 0 spiro atoms. The summed E-state index contributed by atoms with van der Waals surface area (Å²) in [5, 5.41) is 3.07. The minimum absolute atomic E-state index is 0.225. The largest absolute Gasteiger partial charge is 0.497 e. The SMILES string of the molecule is COc1ccc(-c2nc(C)cc(NCc3cccc(C(F)(F)F)c3)n2)cc1. The molecule has 0 bridgehead atoms. The molecule has 7 heteroatoms. The van der Waals surface area contributed by atoms with E-state index in [-0.39, 0.29) is 6.54 Å². The minimum Gasteiger partial charge on any atom is -0.497 e. The fraction of sp³-hybridized carbons (Fsp3) is 0.200. The van der Waals surface area contributed by atoms with Crippen molar-refractivity contribution in [1.82, 2.24) is 9.97 Å². The lowest BCUT2D eigenvalue weighted by Crippen LogP contribution is -2.08. The van der Waals surface area contributed by atoms with Gasteiger partial charge in [-0.05, 0) is 48.9 Å². The van der Waals surface area contributed by atoms with Gasteiger partial charge in [-0.1, -0.05) is 12.1 Å². The zero-order valence-electron chi connectivity index (χ0n) is 14.8. The molecule has 0 saturated heterocycles. The molecule has 3 rings (SSSR count). The maximum absolute atomic E-state index is 12.8.